The molecule has 1 fully saturated rings. The van der Waals surface area contributed by atoms with Crippen molar-refractivity contribution in [2.75, 3.05) is 25.0 Å². The minimum Gasteiger partial charge on any atom is -0.325 e. The van der Waals surface area contributed by atoms with E-state index in [1.54, 1.807) is 18.2 Å². The smallest absolute Gasteiger partial charge is 0.243 e. The molecule has 1 saturated heterocycles. The summed E-state index contributed by atoms with van der Waals surface area (Å²) in [4.78, 5) is 12.5. The van der Waals surface area contributed by atoms with E-state index in [2.05, 4.69) is 10.6 Å². The van der Waals surface area contributed by atoms with E-state index in [4.69, 9.17) is 0 Å². The number of anilines is 1. The maximum Gasteiger partial charge on any atom is 0.243 e. The second-order valence-electron chi connectivity index (χ2n) is 7.05. The molecule has 2 N–H and O–H groups in total. The third-order valence-corrected chi connectivity index (χ3v) is 6.83. The van der Waals surface area contributed by atoms with Crippen LogP contribution < -0.4 is 10.6 Å². The van der Waals surface area contributed by atoms with E-state index >= 15 is 0 Å². The number of amides is 1. The number of nitrogens with one attached hydrogen (secondary N) is 2. The Labute approximate surface area is 167 Å². The molecule has 1 amide bonds. The van der Waals surface area contributed by atoms with Crippen LogP contribution in [0.5, 0.6) is 0 Å². The van der Waals surface area contributed by atoms with Crippen LogP contribution in [-0.4, -0.2) is 38.3 Å². The van der Waals surface area contributed by atoms with Crippen molar-refractivity contribution in [3.8, 4) is 0 Å². The lowest BCUT2D eigenvalue weighted by Gasteiger charge is -2.26. The molecule has 2 aromatic carbocycles. The van der Waals surface area contributed by atoms with Gasteiger partial charge in [0.2, 0.25) is 15.9 Å². The molecule has 150 valence electrons. The molecule has 3 rings (SSSR count). The summed E-state index contributed by atoms with van der Waals surface area (Å²) in [5.41, 5.74) is 1.59. The highest BCUT2D eigenvalue weighted by atomic mass is 32.2. The number of carbonyl (C=O) groups excluding carboxylic acids is 1. The molecule has 6 nitrogen and oxygen atoms in total. The summed E-state index contributed by atoms with van der Waals surface area (Å²) in [7, 11) is -3.52. The molecule has 0 unspecified atom stereocenters. The van der Waals surface area contributed by atoms with Crippen molar-refractivity contribution >= 4 is 21.6 Å². The van der Waals surface area contributed by atoms with Crippen molar-refractivity contribution in [1.29, 1.82) is 0 Å². The van der Waals surface area contributed by atoms with Gasteiger partial charge in [-0.25, -0.2) is 8.42 Å². The lowest BCUT2D eigenvalue weighted by atomic mass is 10.1. The van der Waals surface area contributed by atoms with Crippen LogP contribution in [0, 0.1) is 0 Å². The molecule has 7 heteroatoms. The first-order valence-corrected chi connectivity index (χ1v) is 11.1. The Balaban J connectivity index is 1.60. The van der Waals surface area contributed by atoms with Crippen LogP contribution in [0.3, 0.4) is 0 Å². The maximum atomic E-state index is 12.8. The Bertz CT molecular complexity index is 894. The van der Waals surface area contributed by atoms with Gasteiger partial charge >= 0.3 is 0 Å². The highest BCUT2D eigenvalue weighted by Crippen LogP contribution is 2.22. The molecular weight excluding hydrogens is 374 g/mol. The number of nitrogens with zero attached hydrogens (tertiary/aromatic N) is 1. The zero-order valence-electron chi connectivity index (χ0n) is 16.1. The van der Waals surface area contributed by atoms with E-state index in [0.717, 1.165) is 24.8 Å². The Kier molecular flexibility index (Phi) is 6.83. The molecule has 0 aliphatic carbocycles. The summed E-state index contributed by atoms with van der Waals surface area (Å²) in [6, 6.07) is 16.4. The zero-order valence-corrected chi connectivity index (χ0v) is 16.9. The van der Waals surface area contributed by atoms with Gasteiger partial charge in [-0.15, -0.1) is 0 Å². The summed E-state index contributed by atoms with van der Waals surface area (Å²) < 4.78 is 27.1. The van der Waals surface area contributed by atoms with Crippen LogP contribution in [0.15, 0.2) is 59.5 Å². The number of rotatable bonds is 7. The number of hydrogen-bond donors (Lipinski definition) is 2. The van der Waals surface area contributed by atoms with E-state index in [1.165, 1.54) is 10.4 Å². The second kappa shape index (κ2) is 9.32. The topological polar surface area (TPSA) is 78.5 Å². The quantitative estimate of drug-likeness (QED) is 0.747. The molecule has 2 aromatic rings. The first kappa shape index (κ1) is 20.5. The molecule has 0 radical (unpaired) electrons. The van der Waals surface area contributed by atoms with Gasteiger partial charge in [0, 0.05) is 24.8 Å². The number of piperidine rings is 1. The Morgan fingerprint density at radius 3 is 2.46 bits per heavy atom. The van der Waals surface area contributed by atoms with Crippen molar-refractivity contribution in [2.45, 2.75) is 37.1 Å². The first-order chi connectivity index (χ1) is 13.5. The Hall–Kier alpha value is -2.22. The van der Waals surface area contributed by atoms with Crippen molar-refractivity contribution in [3.05, 3.63) is 60.2 Å². The number of hydrogen-bond acceptors (Lipinski definition) is 4. The zero-order chi connectivity index (χ0) is 20.0. The van der Waals surface area contributed by atoms with Gasteiger partial charge in [-0.1, -0.05) is 42.8 Å². The predicted octanol–water partition coefficient (Wildman–Crippen LogP) is 3.15. The third-order valence-electron chi connectivity index (χ3n) is 4.94. The summed E-state index contributed by atoms with van der Waals surface area (Å²) >= 11 is 0. The molecule has 0 spiro atoms. The van der Waals surface area contributed by atoms with Crippen LogP contribution in [0.4, 0.5) is 5.69 Å². The number of benzene rings is 2. The molecular formula is C21H27N3O3S. The van der Waals surface area contributed by atoms with Crippen molar-refractivity contribution in [1.82, 2.24) is 9.62 Å². The van der Waals surface area contributed by atoms with Crippen LogP contribution in [0.25, 0.3) is 0 Å². The molecule has 28 heavy (non-hydrogen) atoms. The molecule has 1 aliphatic heterocycles. The SMILES string of the molecule is C[C@H](NCC(=O)Nc1cccc(S(=O)(=O)N2CCCCC2)c1)c1ccccc1. The van der Waals surface area contributed by atoms with Gasteiger partial charge in [0.05, 0.1) is 11.4 Å². The van der Waals surface area contributed by atoms with Crippen LogP contribution in [0.2, 0.25) is 0 Å². The average Bonchev–Trinajstić information content (AvgIpc) is 2.73. The largest absolute Gasteiger partial charge is 0.325 e. The normalized spacial score (nSPS) is 16.5. The standard InChI is InChI=1S/C21H27N3O3S/c1-17(18-9-4-2-5-10-18)22-16-21(25)23-19-11-8-12-20(15-19)28(26,27)24-13-6-3-7-14-24/h2,4-5,8-12,15,17,22H,3,6-7,13-14,16H2,1H3,(H,23,25)/t17-/m0/s1. The van der Waals surface area contributed by atoms with Gasteiger partial charge in [-0.3, -0.25) is 4.79 Å². The molecule has 0 aromatic heterocycles. The number of carbonyl (C=O) groups is 1. The van der Waals surface area contributed by atoms with E-state index in [1.807, 2.05) is 37.3 Å². The fourth-order valence-corrected chi connectivity index (χ4v) is 4.86. The Morgan fingerprint density at radius 2 is 1.75 bits per heavy atom. The van der Waals surface area contributed by atoms with E-state index in [0.29, 0.717) is 18.8 Å². The minimum absolute atomic E-state index is 0.0396. The van der Waals surface area contributed by atoms with Crippen molar-refractivity contribution < 1.29 is 13.2 Å². The van der Waals surface area contributed by atoms with Crippen LogP contribution in [0.1, 0.15) is 37.8 Å². The highest BCUT2D eigenvalue weighted by molar-refractivity contribution is 7.89. The molecule has 1 heterocycles. The monoisotopic (exact) mass is 401 g/mol. The summed E-state index contributed by atoms with van der Waals surface area (Å²) in [5, 5.41) is 5.96. The highest BCUT2D eigenvalue weighted by Gasteiger charge is 2.26. The van der Waals surface area contributed by atoms with Gasteiger partial charge in [-0.2, -0.15) is 4.31 Å². The molecule has 0 saturated carbocycles. The third kappa shape index (κ3) is 5.19. The minimum atomic E-state index is -3.52. The van der Waals surface area contributed by atoms with Crippen molar-refractivity contribution in [2.24, 2.45) is 0 Å². The predicted molar refractivity (Wildman–Crippen MR) is 111 cm³/mol. The molecule has 1 aliphatic rings. The van der Waals surface area contributed by atoms with Gasteiger partial charge < -0.3 is 10.6 Å². The van der Waals surface area contributed by atoms with Gasteiger partial charge in [0.1, 0.15) is 0 Å². The maximum absolute atomic E-state index is 12.8. The van der Waals surface area contributed by atoms with E-state index < -0.39 is 10.0 Å². The number of sulfonamides is 1. The summed E-state index contributed by atoms with van der Waals surface area (Å²) in [6.45, 7) is 3.24. The first-order valence-electron chi connectivity index (χ1n) is 9.65. The fraction of sp³-hybridized carbons (Fsp3) is 0.381. The van der Waals surface area contributed by atoms with Gasteiger partial charge in [0.25, 0.3) is 0 Å². The lowest BCUT2D eigenvalue weighted by Crippen LogP contribution is -2.35. The van der Waals surface area contributed by atoms with Gasteiger partial charge in [0.15, 0.2) is 0 Å². The fourth-order valence-electron chi connectivity index (χ4n) is 3.30. The Morgan fingerprint density at radius 1 is 1.04 bits per heavy atom. The second-order valence-corrected chi connectivity index (χ2v) is 8.99. The van der Waals surface area contributed by atoms with Gasteiger partial charge in [-0.05, 0) is 43.5 Å². The van der Waals surface area contributed by atoms with Crippen LogP contribution >= 0.6 is 0 Å². The van der Waals surface area contributed by atoms with Crippen molar-refractivity contribution in [3.63, 3.8) is 0 Å². The average molecular weight is 402 g/mol. The van der Waals surface area contributed by atoms with E-state index in [9.17, 15) is 13.2 Å². The lowest BCUT2D eigenvalue weighted by molar-refractivity contribution is -0.115. The summed E-state index contributed by atoms with van der Waals surface area (Å²) in [6.07, 6.45) is 2.85. The molecule has 0 bridgehead atoms. The molecule has 1 atom stereocenters. The van der Waals surface area contributed by atoms with Crippen LogP contribution in [-0.2, 0) is 14.8 Å². The summed E-state index contributed by atoms with van der Waals surface area (Å²) in [5.74, 6) is -0.213. The van der Waals surface area contributed by atoms with E-state index in [-0.39, 0.29) is 23.4 Å².